The van der Waals surface area contributed by atoms with Gasteiger partial charge in [0.15, 0.2) is 5.11 Å². The first kappa shape index (κ1) is 24.9. The van der Waals surface area contributed by atoms with Crippen LogP contribution in [-0.4, -0.2) is 29.9 Å². The van der Waals surface area contributed by atoms with E-state index in [9.17, 15) is 14.4 Å². The van der Waals surface area contributed by atoms with Gasteiger partial charge in [-0.1, -0.05) is 18.2 Å². The average Bonchev–Trinajstić information content (AvgIpc) is 2.83. The molecule has 0 heterocycles. The lowest BCUT2D eigenvalue weighted by Crippen LogP contribution is -2.48. The highest BCUT2D eigenvalue weighted by Crippen LogP contribution is 2.25. The molecule has 0 atom stereocenters. The zero-order chi connectivity index (χ0) is 24.7. The number of anilines is 1. The van der Waals surface area contributed by atoms with Crippen LogP contribution in [0.2, 0.25) is 0 Å². The molecule has 0 saturated heterocycles. The predicted octanol–water partition coefficient (Wildman–Crippen LogP) is 3.97. The number of halogens is 1. The molecular formula is C24H21BrN4O4S. The lowest BCUT2D eigenvalue weighted by molar-refractivity contribution is 0.0934. The largest absolute Gasteiger partial charge is 0.496 e. The van der Waals surface area contributed by atoms with E-state index in [4.69, 9.17) is 17.0 Å². The number of benzene rings is 3. The van der Waals surface area contributed by atoms with Crippen molar-refractivity contribution in [1.29, 1.82) is 0 Å². The molecule has 0 aliphatic heterocycles. The van der Waals surface area contributed by atoms with Crippen LogP contribution >= 0.6 is 28.1 Å². The predicted molar refractivity (Wildman–Crippen MR) is 137 cm³/mol. The van der Waals surface area contributed by atoms with Gasteiger partial charge in [0.05, 0.1) is 11.6 Å². The number of thiocarbonyl (C=S) groups is 1. The van der Waals surface area contributed by atoms with Crippen LogP contribution < -0.4 is 26.2 Å². The molecule has 10 heteroatoms. The lowest BCUT2D eigenvalue weighted by atomic mass is 10.1. The van der Waals surface area contributed by atoms with Crippen LogP contribution in [0.4, 0.5) is 5.69 Å². The number of hydrogen-bond donors (Lipinski definition) is 4. The maximum Gasteiger partial charge on any atom is 0.269 e. The highest BCUT2D eigenvalue weighted by Gasteiger charge is 2.12. The van der Waals surface area contributed by atoms with Gasteiger partial charge in [-0.25, -0.2) is 0 Å². The summed E-state index contributed by atoms with van der Waals surface area (Å²) >= 11 is 8.38. The Hall–Kier alpha value is -3.76. The van der Waals surface area contributed by atoms with Gasteiger partial charge < -0.3 is 10.1 Å². The van der Waals surface area contributed by atoms with Crippen molar-refractivity contribution in [2.45, 2.75) is 6.92 Å². The molecular weight excluding hydrogens is 520 g/mol. The zero-order valence-corrected chi connectivity index (χ0v) is 20.7. The summed E-state index contributed by atoms with van der Waals surface area (Å²) in [6, 6.07) is 18.4. The Morgan fingerprint density at radius 1 is 0.853 bits per heavy atom. The number of amides is 3. The summed E-state index contributed by atoms with van der Waals surface area (Å²) in [4.78, 5) is 37.1. The maximum absolute atomic E-state index is 12.4. The van der Waals surface area contributed by atoms with E-state index in [2.05, 4.69) is 37.4 Å². The van der Waals surface area contributed by atoms with E-state index < -0.39 is 11.8 Å². The number of rotatable bonds is 5. The number of hydrogen-bond acceptors (Lipinski definition) is 5. The molecule has 3 aromatic rings. The van der Waals surface area contributed by atoms with Gasteiger partial charge >= 0.3 is 0 Å². The molecule has 0 aromatic heterocycles. The Morgan fingerprint density at radius 3 is 2.18 bits per heavy atom. The van der Waals surface area contributed by atoms with E-state index in [1.165, 1.54) is 7.11 Å². The standard InChI is InChI=1S/C24H21BrN4O4S/c1-14-5-3-4-6-18(14)23(32)26-17-10-7-15(8-11-17)22(31)28-29-24(34)27-21(30)16-9-12-20(33-2)19(25)13-16/h3-13H,1-2H3,(H,26,32)(H,28,31)(H2,27,29,30,34). The Morgan fingerprint density at radius 2 is 1.53 bits per heavy atom. The molecule has 0 saturated carbocycles. The van der Waals surface area contributed by atoms with Crippen LogP contribution in [0.1, 0.15) is 36.6 Å². The Labute approximate surface area is 210 Å². The van der Waals surface area contributed by atoms with Crippen LogP contribution in [-0.2, 0) is 0 Å². The van der Waals surface area contributed by atoms with Gasteiger partial charge in [-0.3, -0.25) is 30.6 Å². The minimum absolute atomic E-state index is 0.0765. The Kier molecular flexibility index (Phi) is 8.34. The highest BCUT2D eigenvalue weighted by atomic mass is 79.9. The number of ether oxygens (including phenoxy) is 1. The summed E-state index contributed by atoms with van der Waals surface area (Å²) in [5, 5.41) is 5.20. The van der Waals surface area contributed by atoms with Gasteiger partial charge in [0.2, 0.25) is 0 Å². The van der Waals surface area contributed by atoms with E-state index in [1.807, 2.05) is 19.1 Å². The van der Waals surface area contributed by atoms with Crippen LogP contribution in [0.25, 0.3) is 0 Å². The topological polar surface area (TPSA) is 109 Å². The third kappa shape index (κ3) is 6.40. The zero-order valence-electron chi connectivity index (χ0n) is 18.3. The summed E-state index contributed by atoms with van der Waals surface area (Å²) in [6.45, 7) is 1.86. The summed E-state index contributed by atoms with van der Waals surface area (Å²) < 4.78 is 5.75. The minimum atomic E-state index is -0.472. The third-order valence-corrected chi connectivity index (χ3v) is 5.55. The van der Waals surface area contributed by atoms with Crippen molar-refractivity contribution < 1.29 is 19.1 Å². The number of aryl methyl sites for hydroxylation is 1. The SMILES string of the molecule is COc1ccc(C(=O)NC(=S)NNC(=O)c2ccc(NC(=O)c3ccccc3C)cc2)cc1Br. The third-order valence-electron chi connectivity index (χ3n) is 4.73. The van der Waals surface area contributed by atoms with E-state index >= 15 is 0 Å². The molecule has 3 aromatic carbocycles. The maximum atomic E-state index is 12.4. The normalized spacial score (nSPS) is 10.1. The fourth-order valence-corrected chi connectivity index (χ4v) is 3.62. The summed E-state index contributed by atoms with van der Waals surface area (Å²) in [7, 11) is 1.52. The van der Waals surface area contributed by atoms with Gasteiger partial charge in [-0.05, 0) is 89.2 Å². The van der Waals surface area contributed by atoms with Crippen molar-refractivity contribution in [3.05, 3.63) is 93.5 Å². The van der Waals surface area contributed by atoms with Gasteiger partial charge in [0.25, 0.3) is 17.7 Å². The molecule has 0 unspecified atom stereocenters. The molecule has 0 aliphatic rings. The Bertz CT molecular complexity index is 1250. The van der Waals surface area contributed by atoms with Crippen LogP contribution in [0.5, 0.6) is 5.75 Å². The van der Waals surface area contributed by atoms with Crippen molar-refractivity contribution in [1.82, 2.24) is 16.2 Å². The number of nitrogens with one attached hydrogen (secondary N) is 4. The fraction of sp³-hybridized carbons (Fsp3) is 0.0833. The van der Waals surface area contributed by atoms with E-state index in [0.717, 1.165) is 5.56 Å². The van der Waals surface area contributed by atoms with Gasteiger partial charge in [0.1, 0.15) is 5.75 Å². The average molecular weight is 541 g/mol. The van der Waals surface area contributed by atoms with Crippen molar-refractivity contribution in [2.24, 2.45) is 0 Å². The molecule has 34 heavy (non-hydrogen) atoms. The van der Waals surface area contributed by atoms with Gasteiger partial charge in [0, 0.05) is 22.4 Å². The summed E-state index contributed by atoms with van der Waals surface area (Å²) in [5.41, 5.74) is 7.57. The smallest absolute Gasteiger partial charge is 0.269 e. The van der Waals surface area contributed by atoms with Crippen molar-refractivity contribution in [3.8, 4) is 5.75 Å². The first-order chi connectivity index (χ1) is 16.3. The minimum Gasteiger partial charge on any atom is -0.496 e. The number of carbonyl (C=O) groups excluding carboxylic acids is 3. The van der Waals surface area contributed by atoms with Crippen molar-refractivity contribution in [3.63, 3.8) is 0 Å². The van der Waals surface area contributed by atoms with Gasteiger partial charge in [-0.2, -0.15) is 0 Å². The van der Waals surface area contributed by atoms with Crippen LogP contribution in [0.15, 0.2) is 71.2 Å². The summed E-state index contributed by atoms with van der Waals surface area (Å²) in [5.74, 6) is -0.573. The van der Waals surface area contributed by atoms with E-state index in [0.29, 0.717) is 32.6 Å². The van der Waals surface area contributed by atoms with Crippen LogP contribution in [0.3, 0.4) is 0 Å². The summed E-state index contributed by atoms with van der Waals surface area (Å²) in [6.07, 6.45) is 0. The van der Waals surface area contributed by atoms with Gasteiger partial charge in [-0.15, -0.1) is 0 Å². The van der Waals surface area contributed by atoms with Crippen molar-refractivity contribution >= 4 is 56.7 Å². The molecule has 8 nitrogen and oxygen atoms in total. The monoisotopic (exact) mass is 540 g/mol. The lowest BCUT2D eigenvalue weighted by Gasteiger charge is -2.12. The molecule has 3 rings (SSSR count). The second-order valence-electron chi connectivity index (χ2n) is 7.06. The quantitative estimate of drug-likeness (QED) is 0.288. The molecule has 0 radical (unpaired) electrons. The molecule has 0 aliphatic carbocycles. The number of hydrazine groups is 1. The van der Waals surface area contributed by atoms with E-state index in [-0.39, 0.29) is 11.0 Å². The molecule has 4 N–H and O–H groups in total. The number of methoxy groups -OCH3 is 1. The first-order valence-corrected chi connectivity index (χ1v) is 11.2. The first-order valence-electron chi connectivity index (χ1n) is 10.0. The van der Waals surface area contributed by atoms with Crippen molar-refractivity contribution in [2.75, 3.05) is 12.4 Å². The molecule has 174 valence electrons. The second-order valence-corrected chi connectivity index (χ2v) is 8.32. The second kappa shape index (κ2) is 11.4. The fourth-order valence-electron chi connectivity index (χ4n) is 2.93. The van der Waals surface area contributed by atoms with E-state index in [1.54, 1.807) is 54.6 Å². The molecule has 3 amide bonds. The number of carbonyl (C=O) groups is 3. The molecule has 0 spiro atoms. The molecule has 0 fully saturated rings. The Balaban J connectivity index is 1.51. The molecule has 0 bridgehead atoms. The van der Waals surface area contributed by atoms with Crippen LogP contribution in [0, 0.1) is 6.92 Å². The highest BCUT2D eigenvalue weighted by molar-refractivity contribution is 9.10.